The molecule has 0 saturated carbocycles. The summed E-state index contributed by atoms with van der Waals surface area (Å²) in [5, 5.41) is 11.9. The standard InChI is InChI=1S/C13H20N2O3/c1-4-6-10(5-2)14-13(18)15-7-9(3)11(8-15)12(16)17/h1,9-11H,5-8H2,2-3H3,(H,14,18)(H,16,17)/t9-,10?,11-/m1/s1. The third-order valence-corrected chi connectivity index (χ3v) is 3.40. The van der Waals surface area contributed by atoms with Crippen LogP contribution in [0.15, 0.2) is 0 Å². The van der Waals surface area contributed by atoms with Gasteiger partial charge in [0.2, 0.25) is 0 Å². The molecule has 0 spiro atoms. The first kappa shape index (κ1) is 14.4. The molecule has 5 heteroatoms. The second-order valence-corrected chi connectivity index (χ2v) is 4.79. The first-order valence-electron chi connectivity index (χ1n) is 6.21. The molecule has 2 N–H and O–H groups in total. The molecule has 0 aromatic carbocycles. The fraction of sp³-hybridized carbons (Fsp3) is 0.692. The molecule has 1 aliphatic heterocycles. The molecular formula is C13H20N2O3. The van der Waals surface area contributed by atoms with Gasteiger partial charge in [-0.3, -0.25) is 4.79 Å². The number of urea groups is 1. The number of hydrogen-bond acceptors (Lipinski definition) is 2. The first-order chi connectivity index (χ1) is 8.49. The molecule has 0 aromatic heterocycles. The minimum atomic E-state index is -0.839. The highest BCUT2D eigenvalue weighted by atomic mass is 16.4. The van der Waals surface area contributed by atoms with Crippen LogP contribution < -0.4 is 5.32 Å². The van der Waals surface area contributed by atoms with Gasteiger partial charge in [-0.1, -0.05) is 13.8 Å². The fourth-order valence-corrected chi connectivity index (χ4v) is 2.16. The number of nitrogens with zero attached hydrogens (tertiary/aromatic N) is 1. The van der Waals surface area contributed by atoms with Crippen molar-refractivity contribution in [3.05, 3.63) is 0 Å². The summed E-state index contributed by atoms with van der Waals surface area (Å²) in [4.78, 5) is 24.5. The van der Waals surface area contributed by atoms with E-state index in [-0.39, 0.29) is 24.5 Å². The molecular weight excluding hydrogens is 232 g/mol. The smallest absolute Gasteiger partial charge is 0.317 e. The van der Waals surface area contributed by atoms with Crippen LogP contribution >= 0.6 is 0 Å². The summed E-state index contributed by atoms with van der Waals surface area (Å²) in [6.07, 6.45) is 6.48. The molecule has 1 unspecified atom stereocenters. The largest absolute Gasteiger partial charge is 0.481 e. The van der Waals surface area contributed by atoms with E-state index in [2.05, 4.69) is 11.2 Å². The molecule has 0 radical (unpaired) electrons. The van der Waals surface area contributed by atoms with Crippen molar-refractivity contribution < 1.29 is 14.7 Å². The summed E-state index contributed by atoms with van der Waals surface area (Å²) >= 11 is 0. The topological polar surface area (TPSA) is 69.6 Å². The molecule has 0 aromatic rings. The Morgan fingerprint density at radius 2 is 2.22 bits per heavy atom. The van der Waals surface area contributed by atoms with Gasteiger partial charge < -0.3 is 15.3 Å². The number of hydrogen-bond donors (Lipinski definition) is 2. The summed E-state index contributed by atoms with van der Waals surface area (Å²) in [5.74, 6) is 1.20. The lowest BCUT2D eigenvalue weighted by Crippen LogP contribution is -2.44. The van der Waals surface area contributed by atoms with E-state index in [0.717, 1.165) is 6.42 Å². The van der Waals surface area contributed by atoms with Crippen molar-refractivity contribution in [1.29, 1.82) is 0 Å². The Labute approximate surface area is 108 Å². The maximum atomic E-state index is 12.0. The fourth-order valence-electron chi connectivity index (χ4n) is 2.16. The Hall–Kier alpha value is -1.70. The second-order valence-electron chi connectivity index (χ2n) is 4.79. The minimum Gasteiger partial charge on any atom is -0.481 e. The van der Waals surface area contributed by atoms with Crippen molar-refractivity contribution in [3.8, 4) is 12.3 Å². The molecule has 1 rings (SSSR count). The summed E-state index contributed by atoms with van der Waals surface area (Å²) < 4.78 is 0. The third kappa shape index (κ3) is 3.39. The van der Waals surface area contributed by atoms with Gasteiger partial charge in [-0.25, -0.2) is 4.79 Å². The predicted molar refractivity (Wildman–Crippen MR) is 67.9 cm³/mol. The van der Waals surface area contributed by atoms with Gasteiger partial charge in [0.25, 0.3) is 0 Å². The zero-order valence-electron chi connectivity index (χ0n) is 10.8. The van der Waals surface area contributed by atoms with Crippen LogP contribution in [-0.4, -0.2) is 41.1 Å². The highest BCUT2D eigenvalue weighted by Gasteiger charge is 2.37. The average Bonchev–Trinajstić information content (AvgIpc) is 2.70. The van der Waals surface area contributed by atoms with Crippen LogP contribution in [0.2, 0.25) is 0 Å². The molecule has 2 amide bonds. The van der Waals surface area contributed by atoms with Gasteiger partial charge in [-0.05, 0) is 12.3 Å². The number of carbonyl (C=O) groups is 2. The Morgan fingerprint density at radius 1 is 1.56 bits per heavy atom. The zero-order chi connectivity index (χ0) is 13.7. The number of carboxylic acids is 1. The number of carbonyl (C=O) groups excluding carboxylic acids is 1. The average molecular weight is 252 g/mol. The monoisotopic (exact) mass is 252 g/mol. The van der Waals surface area contributed by atoms with Gasteiger partial charge in [0, 0.05) is 25.6 Å². The summed E-state index contributed by atoms with van der Waals surface area (Å²) in [6.45, 7) is 4.56. The van der Waals surface area contributed by atoms with Gasteiger partial charge in [0.15, 0.2) is 0 Å². The number of nitrogens with one attached hydrogen (secondary N) is 1. The Balaban J connectivity index is 2.54. The summed E-state index contributed by atoms with van der Waals surface area (Å²) in [6, 6.07) is -0.255. The van der Waals surface area contributed by atoms with E-state index in [0.29, 0.717) is 13.0 Å². The zero-order valence-corrected chi connectivity index (χ0v) is 10.8. The lowest BCUT2D eigenvalue weighted by atomic mass is 9.99. The van der Waals surface area contributed by atoms with Crippen LogP contribution in [0.25, 0.3) is 0 Å². The van der Waals surface area contributed by atoms with Crippen LogP contribution in [-0.2, 0) is 4.79 Å². The summed E-state index contributed by atoms with van der Waals surface area (Å²) in [5.41, 5.74) is 0. The quantitative estimate of drug-likeness (QED) is 0.737. The number of rotatable bonds is 4. The molecule has 1 fully saturated rings. The molecule has 1 saturated heterocycles. The maximum Gasteiger partial charge on any atom is 0.317 e. The van der Waals surface area contributed by atoms with E-state index in [1.807, 2.05) is 13.8 Å². The maximum absolute atomic E-state index is 12.0. The molecule has 5 nitrogen and oxygen atoms in total. The lowest BCUT2D eigenvalue weighted by molar-refractivity contribution is -0.142. The van der Waals surface area contributed by atoms with Crippen LogP contribution in [0.3, 0.4) is 0 Å². The number of likely N-dealkylation sites (tertiary alicyclic amines) is 1. The van der Waals surface area contributed by atoms with E-state index < -0.39 is 11.9 Å². The van der Waals surface area contributed by atoms with Gasteiger partial charge in [-0.2, -0.15) is 0 Å². The number of terminal acetylenes is 1. The SMILES string of the molecule is C#CCC(CC)NC(=O)N1C[C@@H](C)[C@H](C(=O)O)C1. The van der Waals surface area contributed by atoms with Crippen molar-refractivity contribution >= 4 is 12.0 Å². The predicted octanol–water partition coefficient (Wildman–Crippen LogP) is 1.15. The second kappa shape index (κ2) is 6.29. The van der Waals surface area contributed by atoms with Gasteiger partial charge >= 0.3 is 12.0 Å². The molecule has 1 aliphatic rings. The van der Waals surface area contributed by atoms with E-state index in [1.54, 1.807) is 4.90 Å². The van der Waals surface area contributed by atoms with E-state index in [4.69, 9.17) is 11.5 Å². The van der Waals surface area contributed by atoms with Gasteiger partial charge in [0.1, 0.15) is 0 Å². The van der Waals surface area contributed by atoms with E-state index in [1.165, 1.54) is 0 Å². The Bertz CT molecular complexity index is 362. The van der Waals surface area contributed by atoms with Crippen molar-refractivity contribution in [2.45, 2.75) is 32.7 Å². The van der Waals surface area contributed by atoms with Crippen LogP contribution in [0, 0.1) is 24.2 Å². The third-order valence-electron chi connectivity index (χ3n) is 3.40. The normalized spacial score (nSPS) is 24.4. The van der Waals surface area contributed by atoms with Crippen molar-refractivity contribution in [2.24, 2.45) is 11.8 Å². The van der Waals surface area contributed by atoms with Crippen molar-refractivity contribution in [2.75, 3.05) is 13.1 Å². The van der Waals surface area contributed by atoms with E-state index >= 15 is 0 Å². The molecule has 100 valence electrons. The number of aliphatic carboxylic acids is 1. The van der Waals surface area contributed by atoms with E-state index in [9.17, 15) is 9.59 Å². The lowest BCUT2D eigenvalue weighted by Gasteiger charge is -2.21. The first-order valence-corrected chi connectivity index (χ1v) is 6.21. The van der Waals surface area contributed by atoms with Crippen molar-refractivity contribution in [3.63, 3.8) is 0 Å². The highest BCUT2D eigenvalue weighted by Crippen LogP contribution is 2.23. The van der Waals surface area contributed by atoms with Crippen molar-refractivity contribution in [1.82, 2.24) is 10.2 Å². The molecule has 3 atom stereocenters. The molecule has 18 heavy (non-hydrogen) atoms. The number of carboxylic acid groups (broad SMARTS) is 1. The molecule has 1 heterocycles. The molecule has 0 bridgehead atoms. The minimum absolute atomic E-state index is 0.0130. The molecule has 0 aliphatic carbocycles. The summed E-state index contributed by atoms with van der Waals surface area (Å²) in [7, 11) is 0. The van der Waals surface area contributed by atoms with Gasteiger partial charge in [0.05, 0.1) is 5.92 Å². The van der Waals surface area contributed by atoms with Crippen LogP contribution in [0.4, 0.5) is 4.79 Å². The van der Waals surface area contributed by atoms with Crippen LogP contribution in [0.5, 0.6) is 0 Å². The highest BCUT2D eigenvalue weighted by molar-refractivity contribution is 5.77. The number of amides is 2. The van der Waals surface area contributed by atoms with Crippen LogP contribution in [0.1, 0.15) is 26.7 Å². The van der Waals surface area contributed by atoms with Gasteiger partial charge in [-0.15, -0.1) is 12.3 Å². The Morgan fingerprint density at radius 3 is 2.67 bits per heavy atom. The Kier molecular flexibility index (Phi) is 5.02.